The van der Waals surface area contributed by atoms with Crippen LogP contribution in [0.3, 0.4) is 0 Å². The molecule has 0 aliphatic heterocycles. The molecule has 0 spiro atoms. The molecule has 0 saturated heterocycles. The molecular formula is C18H22N4O2S. The lowest BCUT2D eigenvalue weighted by Gasteiger charge is -2.10. The predicted octanol–water partition coefficient (Wildman–Crippen LogP) is 2.95. The quantitative estimate of drug-likeness (QED) is 0.681. The van der Waals surface area contributed by atoms with E-state index in [0.29, 0.717) is 30.1 Å². The van der Waals surface area contributed by atoms with Crippen LogP contribution in [0.15, 0.2) is 26.4 Å². The third-order valence-corrected chi connectivity index (χ3v) is 4.84. The lowest BCUT2D eigenvalue weighted by molar-refractivity contribution is 0.554. The van der Waals surface area contributed by atoms with Gasteiger partial charge in [0.25, 0.3) is 5.56 Å². The zero-order valence-electron chi connectivity index (χ0n) is 14.7. The maximum Gasteiger partial charge on any atom is 0.332 e. The summed E-state index contributed by atoms with van der Waals surface area (Å²) >= 11 is 1.63. The molecule has 0 atom stereocenters. The second kappa shape index (κ2) is 7.23. The molecule has 25 heavy (non-hydrogen) atoms. The minimum Gasteiger partial charge on any atom is -0.322 e. The molecule has 0 saturated carbocycles. The van der Waals surface area contributed by atoms with Crippen molar-refractivity contribution in [1.29, 1.82) is 0 Å². The summed E-state index contributed by atoms with van der Waals surface area (Å²) in [5.41, 5.74) is 1.50. The van der Waals surface area contributed by atoms with Gasteiger partial charge in [-0.15, -0.1) is 0 Å². The third kappa shape index (κ3) is 3.11. The van der Waals surface area contributed by atoms with E-state index in [9.17, 15) is 9.59 Å². The Bertz CT molecular complexity index is 1020. The largest absolute Gasteiger partial charge is 0.332 e. The first-order valence-electron chi connectivity index (χ1n) is 8.48. The van der Waals surface area contributed by atoms with Gasteiger partial charge in [0.05, 0.1) is 0 Å². The van der Waals surface area contributed by atoms with E-state index in [-0.39, 0.29) is 11.2 Å². The van der Waals surface area contributed by atoms with Crippen LogP contribution in [0.2, 0.25) is 0 Å². The van der Waals surface area contributed by atoms with Gasteiger partial charge < -0.3 is 4.57 Å². The summed E-state index contributed by atoms with van der Waals surface area (Å²) in [6, 6.07) is 2.02. The third-order valence-electron chi connectivity index (χ3n) is 4.14. The van der Waals surface area contributed by atoms with E-state index in [1.807, 2.05) is 49.9 Å². The zero-order chi connectivity index (χ0) is 18.0. The topological polar surface area (TPSA) is 61.8 Å². The Labute approximate surface area is 149 Å². The number of hydrogen-bond acceptors (Lipinski definition) is 4. The monoisotopic (exact) mass is 358 g/mol. The predicted molar refractivity (Wildman–Crippen MR) is 103 cm³/mol. The molecule has 6 nitrogen and oxygen atoms in total. The average Bonchev–Trinajstić information content (AvgIpc) is 3.22. The number of fused-ring (bicyclic) bond motifs is 1. The van der Waals surface area contributed by atoms with Crippen LogP contribution in [-0.2, 0) is 20.1 Å². The molecular weight excluding hydrogens is 336 g/mol. The normalized spacial score (nSPS) is 11.8. The first-order chi connectivity index (χ1) is 12.1. The van der Waals surface area contributed by atoms with Crippen LogP contribution >= 0.6 is 11.3 Å². The molecule has 3 heterocycles. The SMILES string of the molecule is CCCn1c(=O)c2c(nc(/C=C/c3ccsc3)n2C)n(CCC)c1=O. The van der Waals surface area contributed by atoms with Gasteiger partial charge in [-0.3, -0.25) is 13.9 Å². The van der Waals surface area contributed by atoms with Crippen molar-refractivity contribution < 1.29 is 0 Å². The lowest BCUT2D eigenvalue weighted by Crippen LogP contribution is -2.40. The first kappa shape index (κ1) is 17.4. The van der Waals surface area contributed by atoms with Gasteiger partial charge in [-0.25, -0.2) is 9.78 Å². The number of nitrogens with zero attached hydrogens (tertiary/aromatic N) is 4. The molecule has 0 radical (unpaired) electrons. The Morgan fingerprint density at radius 3 is 2.48 bits per heavy atom. The number of rotatable bonds is 6. The molecule has 7 heteroatoms. The number of hydrogen-bond donors (Lipinski definition) is 0. The van der Waals surface area contributed by atoms with Gasteiger partial charge in [-0.2, -0.15) is 11.3 Å². The fourth-order valence-corrected chi connectivity index (χ4v) is 3.54. The van der Waals surface area contributed by atoms with Gasteiger partial charge in [-0.05, 0) is 41.3 Å². The molecule has 3 rings (SSSR count). The van der Waals surface area contributed by atoms with Gasteiger partial charge in [0.15, 0.2) is 11.2 Å². The van der Waals surface area contributed by atoms with Crippen molar-refractivity contribution in [1.82, 2.24) is 18.7 Å². The van der Waals surface area contributed by atoms with E-state index in [1.165, 1.54) is 4.57 Å². The molecule has 0 aliphatic carbocycles. The molecule has 3 aromatic heterocycles. The van der Waals surface area contributed by atoms with Gasteiger partial charge >= 0.3 is 5.69 Å². The zero-order valence-corrected chi connectivity index (χ0v) is 15.5. The van der Waals surface area contributed by atoms with E-state index in [0.717, 1.165) is 18.4 Å². The summed E-state index contributed by atoms with van der Waals surface area (Å²) < 4.78 is 4.72. The van der Waals surface area contributed by atoms with Gasteiger partial charge in [0, 0.05) is 20.1 Å². The van der Waals surface area contributed by atoms with E-state index in [2.05, 4.69) is 4.98 Å². The first-order valence-corrected chi connectivity index (χ1v) is 9.43. The fraction of sp³-hybridized carbons (Fsp3) is 0.389. The molecule has 0 bridgehead atoms. The molecule has 0 N–H and O–H groups in total. The Morgan fingerprint density at radius 2 is 1.84 bits per heavy atom. The van der Waals surface area contributed by atoms with Crippen LogP contribution in [0.5, 0.6) is 0 Å². The Balaban J connectivity index is 2.25. The highest BCUT2D eigenvalue weighted by molar-refractivity contribution is 7.08. The van der Waals surface area contributed by atoms with Gasteiger partial charge in [0.2, 0.25) is 0 Å². The van der Waals surface area contributed by atoms with Gasteiger partial charge in [-0.1, -0.05) is 19.9 Å². The standard InChI is InChI=1S/C18H22N4O2S/c1-4-9-21-16-15(17(23)22(10-5-2)18(21)24)20(3)14(19-16)7-6-13-8-11-25-12-13/h6-8,11-12H,4-5,9-10H2,1-3H3/b7-6+. The minimum absolute atomic E-state index is 0.264. The van der Waals surface area contributed by atoms with E-state index in [1.54, 1.807) is 20.5 Å². The lowest BCUT2D eigenvalue weighted by atomic mass is 10.3. The van der Waals surface area contributed by atoms with Crippen LogP contribution in [0.4, 0.5) is 0 Å². The summed E-state index contributed by atoms with van der Waals surface area (Å²) in [4.78, 5) is 30.1. The van der Waals surface area contributed by atoms with Crippen molar-refractivity contribution in [3.05, 3.63) is 49.1 Å². The van der Waals surface area contributed by atoms with E-state index >= 15 is 0 Å². The fourth-order valence-electron chi connectivity index (χ4n) is 2.91. The second-order valence-corrected chi connectivity index (χ2v) is 6.76. The van der Waals surface area contributed by atoms with Gasteiger partial charge in [0.1, 0.15) is 5.82 Å². The van der Waals surface area contributed by atoms with E-state index in [4.69, 9.17) is 0 Å². The molecule has 3 aromatic rings. The Kier molecular flexibility index (Phi) is 5.03. The molecule has 132 valence electrons. The maximum atomic E-state index is 12.8. The number of imidazole rings is 1. The van der Waals surface area contributed by atoms with Crippen LogP contribution in [0, 0.1) is 0 Å². The van der Waals surface area contributed by atoms with Crippen LogP contribution in [0.1, 0.15) is 38.1 Å². The van der Waals surface area contributed by atoms with Crippen molar-refractivity contribution >= 4 is 34.7 Å². The summed E-state index contributed by atoms with van der Waals surface area (Å²) in [5, 5.41) is 4.05. The average molecular weight is 358 g/mol. The van der Waals surface area contributed by atoms with Crippen molar-refractivity contribution in [3.63, 3.8) is 0 Å². The highest BCUT2D eigenvalue weighted by atomic mass is 32.1. The summed E-state index contributed by atoms with van der Waals surface area (Å²) in [7, 11) is 1.82. The highest BCUT2D eigenvalue weighted by Crippen LogP contribution is 2.15. The molecule has 0 amide bonds. The van der Waals surface area contributed by atoms with Crippen molar-refractivity contribution in [2.45, 2.75) is 39.8 Å². The molecule has 0 aliphatic rings. The number of aryl methyl sites for hydroxylation is 2. The van der Waals surface area contributed by atoms with Crippen LogP contribution in [-0.4, -0.2) is 18.7 Å². The van der Waals surface area contributed by atoms with Crippen LogP contribution < -0.4 is 11.2 Å². The van der Waals surface area contributed by atoms with Crippen LogP contribution in [0.25, 0.3) is 23.3 Å². The smallest absolute Gasteiger partial charge is 0.322 e. The number of aromatic nitrogens is 4. The highest BCUT2D eigenvalue weighted by Gasteiger charge is 2.18. The van der Waals surface area contributed by atoms with E-state index < -0.39 is 0 Å². The molecule has 0 aromatic carbocycles. The Hall–Kier alpha value is -2.41. The van der Waals surface area contributed by atoms with Crippen molar-refractivity contribution in [2.24, 2.45) is 7.05 Å². The molecule has 0 fully saturated rings. The minimum atomic E-state index is -0.271. The summed E-state index contributed by atoms with van der Waals surface area (Å²) in [6.07, 6.45) is 5.38. The molecule has 0 unspecified atom stereocenters. The summed E-state index contributed by atoms with van der Waals surface area (Å²) in [6.45, 7) is 4.93. The van der Waals surface area contributed by atoms with Crippen molar-refractivity contribution in [3.8, 4) is 0 Å². The maximum absolute atomic E-state index is 12.8. The Morgan fingerprint density at radius 1 is 1.12 bits per heavy atom. The second-order valence-electron chi connectivity index (χ2n) is 5.98. The number of thiophene rings is 1. The van der Waals surface area contributed by atoms with Crippen molar-refractivity contribution in [2.75, 3.05) is 0 Å². The summed E-state index contributed by atoms with van der Waals surface area (Å²) in [5.74, 6) is 0.664.